The van der Waals surface area contributed by atoms with Gasteiger partial charge in [0.25, 0.3) is 5.91 Å². The number of hydrogen-bond acceptors (Lipinski definition) is 4. The zero-order chi connectivity index (χ0) is 25.7. The predicted octanol–water partition coefficient (Wildman–Crippen LogP) is 6.19. The van der Waals surface area contributed by atoms with Gasteiger partial charge in [0.15, 0.2) is 0 Å². The number of rotatable bonds is 9. The van der Waals surface area contributed by atoms with Crippen molar-refractivity contribution < 1.29 is 4.79 Å². The van der Waals surface area contributed by atoms with Gasteiger partial charge in [-0.3, -0.25) is 9.69 Å². The summed E-state index contributed by atoms with van der Waals surface area (Å²) in [6, 6.07) is 14.5. The number of amides is 1. The Morgan fingerprint density at radius 1 is 1.00 bits per heavy atom. The molecule has 0 spiro atoms. The second kappa shape index (κ2) is 14.8. The Morgan fingerprint density at radius 3 is 2.34 bits per heavy atom. The number of benzene rings is 2. The summed E-state index contributed by atoms with van der Waals surface area (Å²) in [6.07, 6.45) is 2.73. The summed E-state index contributed by atoms with van der Waals surface area (Å²) in [6.45, 7) is 13.9. The minimum Gasteiger partial charge on any atom is -0.369 e. The van der Waals surface area contributed by atoms with Gasteiger partial charge in [-0.15, -0.1) is 24.8 Å². The number of carbonyl (C=O) groups is 1. The van der Waals surface area contributed by atoms with Crippen molar-refractivity contribution in [1.29, 1.82) is 0 Å². The Morgan fingerprint density at radius 2 is 1.68 bits per heavy atom. The molecule has 38 heavy (non-hydrogen) atoms. The molecule has 1 aliphatic heterocycles. The fraction of sp³-hybridized carbons (Fsp3) is 0.448. The molecule has 0 radical (unpaired) electrons. The van der Waals surface area contributed by atoms with Gasteiger partial charge in [-0.2, -0.15) is 0 Å². The maximum atomic E-state index is 13.0. The van der Waals surface area contributed by atoms with Crippen LogP contribution in [0.5, 0.6) is 0 Å². The Bertz CT molecular complexity index is 1190. The molecule has 0 atom stereocenters. The van der Waals surface area contributed by atoms with Gasteiger partial charge in [0.1, 0.15) is 11.5 Å². The third-order valence-electron chi connectivity index (χ3n) is 7.05. The Hall–Kier alpha value is -2.25. The highest BCUT2D eigenvalue weighted by atomic mass is 35.5. The molecule has 1 aliphatic rings. The molecule has 0 bridgehead atoms. The first kappa shape index (κ1) is 32.0. The summed E-state index contributed by atoms with van der Waals surface area (Å²) < 4.78 is 2.12. The average Bonchev–Trinajstić information content (AvgIpc) is 3.20. The van der Waals surface area contributed by atoms with Gasteiger partial charge in [-0.1, -0.05) is 42.3 Å². The van der Waals surface area contributed by atoms with Crippen LogP contribution in [0.2, 0.25) is 5.02 Å². The zero-order valence-corrected chi connectivity index (χ0v) is 25.2. The smallest absolute Gasteiger partial charge is 0.271 e. The van der Waals surface area contributed by atoms with Gasteiger partial charge in [0, 0.05) is 55.5 Å². The molecule has 6 nitrogen and oxygen atoms in total. The molecule has 1 aromatic heterocycles. The third-order valence-corrected chi connectivity index (χ3v) is 7.46. The molecule has 2 aromatic carbocycles. The molecule has 1 saturated heterocycles. The number of halogens is 3. The van der Waals surface area contributed by atoms with E-state index >= 15 is 0 Å². The van der Waals surface area contributed by atoms with Crippen LogP contribution in [0.4, 0.5) is 5.69 Å². The molecular weight excluding hydrogens is 541 g/mol. The zero-order valence-electron chi connectivity index (χ0n) is 22.8. The SMILES string of the molecule is CCCc1nc(C(=O)NCCCN2CCN(c3cccc(Cl)c3C)CC2)c(C)n1-c1ccc(C)cc1.Cl.Cl. The van der Waals surface area contributed by atoms with Gasteiger partial charge in [-0.25, -0.2) is 4.98 Å². The summed E-state index contributed by atoms with van der Waals surface area (Å²) in [5, 5.41) is 3.93. The molecule has 1 N–H and O–H groups in total. The van der Waals surface area contributed by atoms with Crippen molar-refractivity contribution in [2.75, 3.05) is 44.2 Å². The minimum absolute atomic E-state index is 0. The van der Waals surface area contributed by atoms with Crippen LogP contribution >= 0.6 is 36.4 Å². The molecule has 3 aromatic rings. The van der Waals surface area contributed by atoms with Crippen LogP contribution in [0.15, 0.2) is 42.5 Å². The summed E-state index contributed by atoms with van der Waals surface area (Å²) in [5.74, 6) is 0.855. The largest absolute Gasteiger partial charge is 0.369 e. The second-order valence-electron chi connectivity index (χ2n) is 9.71. The lowest BCUT2D eigenvalue weighted by Gasteiger charge is -2.37. The first-order valence-electron chi connectivity index (χ1n) is 13.0. The minimum atomic E-state index is -0.0861. The monoisotopic (exact) mass is 579 g/mol. The fourth-order valence-corrected chi connectivity index (χ4v) is 5.11. The molecule has 2 heterocycles. The number of aryl methyl sites for hydroxylation is 2. The molecule has 0 aliphatic carbocycles. The highest BCUT2D eigenvalue weighted by Gasteiger charge is 2.21. The topological polar surface area (TPSA) is 53.4 Å². The van der Waals surface area contributed by atoms with Crippen molar-refractivity contribution in [3.8, 4) is 5.69 Å². The van der Waals surface area contributed by atoms with E-state index in [2.05, 4.69) is 70.8 Å². The summed E-state index contributed by atoms with van der Waals surface area (Å²) in [5.41, 5.74) is 6.08. The number of aromatic nitrogens is 2. The number of anilines is 1. The van der Waals surface area contributed by atoms with Gasteiger partial charge < -0.3 is 14.8 Å². The Labute approximate surface area is 244 Å². The molecule has 0 saturated carbocycles. The second-order valence-corrected chi connectivity index (χ2v) is 10.1. The van der Waals surface area contributed by atoms with E-state index in [0.717, 1.165) is 79.8 Å². The van der Waals surface area contributed by atoms with E-state index in [-0.39, 0.29) is 30.7 Å². The van der Waals surface area contributed by atoms with E-state index in [9.17, 15) is 4.79 Å². The van der Waals surface area contributed by atoms with Crippen LogP contribution in [0.1, 0.15) is 52.9 Å². The van der Waals surface area contributed by atoms with Gasteiger partial charge in [0.05, 0.1) is 5.69 Å². The average molecular weight is 581 g/mol. The van der Waals surface area contributed by atoms with E-state index in [4.69, 9.17) is 16.6 Å². The van der Waals surface area contributed by atoms with Crippen molar-refractivity contribution in [3.05, 3.63) is 75.8 Å². The maximum absolute atomic E-state index is 13.0. The van der Waals surface area contributed by atoms with Crippen LogP contribution in [0, 0.1) is 20.8 Å². The fourth-order valence-electron chi connectivity index (χ4n) is 4.94. The summed E-state index contributed by atoms with van der Waals surface area (Å²) in [4.78, 5) is 22.6. The van der Waals surface area contributed by atoms with Crippen LogP contribution in [-0.4, -0.2) is 59.6 Å². The van der Waals surface area contributed by atoms with Gasteiger partial charge >= 0.3 is 0 Å². The number of hydrogen-bond donors (Lipinski definition) is 1. The quantitative estimate of drug-likeness (QED) is 0.307. The van der Waals surface area contributed by atoms with E-state index in [1.165, 1.54) is 11.3 Å². The van der Waals surface area contributed by atoms with E-state index in [1.807, 2.05) is 19.1 Å². The molecule has 1 fully saturated rings. The summed E-state index contributed by atoms with van der Waals surface area (Å²) >= 11 is 6.31. The maximum Gasteiger partial charge on any atom is 0.271 e. The van der Waals surface area contributed by atoms with Crippen molar-refractivity contribution in [1.82, 2.24) is 19.8 Å². The lowest BCUT2D eigenvalue weighted by molar-refractivity contribution is 0.0946. The number of piperazine rings is 1. The van der Waals surface area contributed by atoms with Crippen LogP contribution < -0.4 is 10.2 Å². The first-order valence-corrected chi connectivity index (χ1v) is 13.4. The van der Waals surface area contributed by atoms with Crippen LogP contribution in [0.25, 0.3) is 5.69 Å². The number of carbonyl (C=O) groups excluding carboxylic acids is 1. The Kier molecular flexibility index (Phi) is 12.4. The number of imidazole rings is 1. The van der Waals surface area contributed by atoms with E-state index in [1.54, 1.807) is 0 Å². The normalized spacial score (nSPS) is 13.6. The number of nitrogens with one attached hydrogen (secondary N) is 1. The molecule has 4 rings (SSSR count). The highest BCUT2D eigenvalue weighted by Crippen LogP contribution is 2.27. The van der Waals surface area contributed by atoms with Crippen molar-refractivity contribution >= 4 is 48.0 Å². The van der Waals surface area contributed by atoms with Gasteiger partial charge in [0.2, 0.25) is 0 Å². The Balaban J connectivity index is 0.00000253. The lowest BCUT2D eigenvalue weighted by Crippen LogP contribution is -2.47. The van der Waals surface area contributed by atoms with E-state index in [0.29, 0.717) is 12.2 Å². The van der Waals surface area contributed by atoms with Crippen molar-refractivity contribution in [3.63, 3.8) is 0 Å². The molecular formula is C29H40Cl3N5O. The van der Waals surface area contributed by atoms with Crippen LogP contribution in [0.3, 0.4) is 0 Å². The molecule has 9 heteroatoms. The predicted molar refractivity (Wildman–Crippen MR) is 163 cm³/mol. The third kappa shape index (κ3) is 7.44. The highest BCUT2D eigenvalue weighted by molar-refractivity contribution is 6.31. The summed E-state index contributed by atoms with van der Waals surface area (Å²) in [7, 11) is 0. The standard InChI is InChI=1S/C29H38ClN5O.2ClH/c1-5-8-27-32-28(23(4)35(27)24-13-11-21(2)12-14-24)29(36)31-15-7-16-33-17-19-34(20-18-33)26-10-6-9-25(30)22(26)3;;/h6,9-14H,5,7-8,15-20H2,1-4H3,(H,31,36);2*1H. The van der Waals surface area contributed by atoms with Crippen molar-refractivity contribution in [2.45, 2.75) is 47.0 Å². The van der Waals surface area contributed by atoms with Crippen molar-refractivity contribution in [2.24, 2.45) is 0 Å². The lowest BCUT2D eigenvalue weighted by atomic mass is 10.1. The van der Waals surface area contributed by atoms with Gasteiger partial charge in [-0.05, 0) is 70.0 Å². The first-order chi connectivity index (χ1) is 17.4. The molecule has 0 unspecified atom stereocenters. The number of nitrogens with zero attached hydrogens (tertiary/aromatic N) is 4. The molecule has 1 amide bonds. The van der Waals surface area contributed by atoms with Crippen LogP contribution in [-0.2, 0) is 6.42 Å². The van der Waals surface area contributed by atoms with E-state index < -0.39 is 0 Å². The molecule has 208 valence electrons.